The number of halogens is 3. The molecule has 0 spiro atoms. The van der Waals surface area contributed by atoms with Crippen molar-refractivity contribution in [3.63, 3.8) is 0 Å². The van der Waals surface area contributed by atoms with Crippen LogP contribution in [0.15, 0.2) is 46.9 Å². The zero-order chi connectivity index (χ0) is 13.1. The SMILES string of the molecule is COc1cccc(F)c1C(Br)c1ccc(Br)cc1. The largest absolute Gasteiger partial charge is 0.496 e. The predicted molar refractivity (Wildman–Crippen MR) is 77.9 cm³/mol. The maximum atomic E-state index is 13.9. The smallest absolute Gasteiger partial charge is 0.131 e. The van der Waals surface area contributed by atoms with E-state index in [4.69, 9.17) is 4.74 Å². The molecule has 0 bridgehead atoms. The molecule has 0 aromatic heterocycles. The van der Waals surface area contributed by atoms with Crippen LogP contribution in [0.2, 0.25) is 0 Å². The van der Waals surface area contributed by atoms with E-state index in [1.165, 1.54) is 6.07 Å². The van der Waals surface area contributed by atoms with Crippen LogP contribution in [0.4, 0.5) is 4.39 Å². The van der Waals surface area contributed by atoms with Gasteiger partial charge in [0.15, 0.2) is 0 Å². The van der Waals surface area contributed by atoms with Crippen molar-refractivity contribution in [3.8, 4) is 5.75 Å². The molecule has 94 valence electrons. The van der Waals surface area contributed by atoms with Gasteiger partial charge in [0.2, 0.25) is 0 Å². The van der Waals surface area contributed by atoms with E-state index >= 15 is 0 Å². The first-order valence-corrected chi connectivity index (χ1v) is 7.06. The standard InChI is InChI=1S/C14H11Br2FO/c1-18-12-4-2-3-11(17)13(12)14(16)9-5-7-10(15)8-6-9/h2-8,14H,1H3. The van der Waals surface area contributed by atoms with Crippen LogP contribution >= 0.6 is 31.9 Å². The summed E-state index contributed by atoms with van der Waals surface area (Å²) in [6.07, 6.45) is 0. The van der Waals surface area contributed by atoms with Gasteiger partial charge in [-0.15, -0.1) is 0 Å². The monoisotopic (exact) mass is 372 g/mol. The Morgan fingerprint density at radius 1 is 1.11 bits per heavy atom. The average Bonchev–Trinajstić information content (AvgIpc) is 2.38. The third kappa shape index (κ3) is 2.75. The molecule has 0 fully saturated rings. The normalized spacial score (nSPS) is 12.2. The van der Waals surface area contributed by atoms with Gasteiger partial charge >= 0.3 is 0 Å². The molecule has 2 aromatic rings. The van der Waals surface area contributed by atoms with Gasteiger partial charge < -0.3 is 4.74 Å². The Labute approximate surface area is 122 Å². The molecule has 4 heteroatoms. The van der Waals surface area contributed by atoms with E-state index in [1.54, 1.807) is 19.2 Å². The van der Waals surface area contributed by atoms with Gasteiger partial charge in [0.05, 0.1) is 11.9 Å². The van der Waals surface area contributed by atoms with Crippen molar-refractivity contribution in [1.29, 1.82) is 0 Å². The maximum Gasteiger partial charge on any atom is 0.131 e. The fourth-order valence-electron chi connectivity index (χ4n) is 1.74. The highest BCUT2D eigenvalue weighted by Crippen LogP contribution is 2.38. The van der Waals surface area contributed by atoms with Gasteiger partial charge in [-0.2, -0.15) is 0 Å². The van der Waals surface area contributed by atoms with Crippen molar-refractivity contribution in [2.24, 2.45) is 0 Å². The highest BCUT2D eigenvalue weighted by atomic mass is 79.9. The van der Waals surface area contributed by atoms with Crippen molar-refractivity contribution >= 4 is 31.9 Å². The van der Waals surface area contributed by atoms with Crippen LogP contribution in [0.5, 0.6) is 5.75 Å². The molecular formula is C14H11Br2FO. The Morgan fingerprint density at radius 2 is 1.78 bits per heavy atom. The topological polar surface area (TPSA) is 9.23 Å². The summed E-state index contributed by atoms with van der Waals surface area (Å²) in [5.74, 6) is 0.263. The lowest BCUT2D eigenvalue weighted by atomic mass is 10.0. The molecule has 0 aliphatic rings. The van der Waals surface area contributed by atoms with Crippen LogP contribution in [-0.2, 0) is 0 Å². The minimum absolute atomic E-state index is 0.234. The Balaban J connectivity index is 2.45. The average molecular weight is 374 g/mol. The van der Waals surface area contributed by atoms with Gasteiger partial charge in [-0.1, -0.05) is 50.1 Å². The maximum absolute atomic E-state index is 13.9. The molecule has 0 radical (unpaired) electrons. The Hall–Kier alpha value is -0.870. The van der Waals surface area contributed by atoms with E-state index in [9.17, 15) is 4.39 Å². The molecule has 2 aromatic carbocycles. The molecule has 1 unspecified atom stereocenters. The van der Waals surface area contributed by atoms with Crippen LogP contribution in [0.3, 0.4) is 0 Å². The second kappa shape index (κ2) is 5.85. The first-order chi connectivity index (χ1) is 8.63. The highest BCUT2D eigenvalue weighted by molar-refractivity contribution is 9.10. The summed E-state index contributed by atoms with van der Waals surface area (Å²) in [5, 5.41) is 0. The summed E-state index contributed by atoms with van der Waals surface area (Å²) in [7, 11) is 1.54. The molecule has 0 N–H and O–H groups in total. The molecule has 0 saturated carbocycles. The van der Waals surface area contributed by atoms with E-state index in [-0.39, 0.29) is 10.6 Å². The Bertz CT molecular complexity index is 540. The fourth-order valence-corrected chi connectivity index (χ4v) is 2.75. The number of ether oxygens (including phenoxy) is 1. The summed E-state index contributed by atoms with van der Waals surface area (Å²) >= 11 is 6.91. The summed E-state index contributed by atoms with van der Waals surface area (Å²) < 4.78 is 20.1. The Morgan fingerprint density at radius 3 is 2.39 bits per heavy atom. The van der Waals surface area contributed by atoms with E-state index < -0.39 is 0 Å². The lowest BCUT2D eigenvalue weighted by Gasteiger charge is -2.15. The Kier molecular flexibility index (Phi) is 4.40. The first kappa shape index (κ1) is 13.6. The van der Waals surface area contributed by atoms with E-state index in [1.807, 2.05) is 24.3 Å². The summed E-state index contributed by atoms with van der Waals surface area (Å²) in [5.41, 5.74) is 1.49. The van der Waals surface area contributed by atoms with E-state index in [2.05, 4.69) is 31.9 Å². The quantitative estimate of drug-likeness (QED) is 0.681. The number of hydrogen-bond donors (Lipinski definition) is 0. The van der Waals surface area contributed by atoms with Gasteiger partial charge in [0.1, 0.15) is 11.6 Å². The van der Waals surface area contributed by atoms with Crippen molar-refractivity contribution in [1.82, 2.24) is 0 Å². The third-order valence-electron chi connectivity index (χ3n) is 2.65. The van der Waals surface area contributed by atoms with Crippen molar-refractivity contribution in [2.75, 3.05) is 7.11 Å². The van der Waals surface area contributed by atoms with Crippen molar-refractivity contribution in [3.05, 3.63) is 63.9 Å². The van der Waals surface area contributed by atoms with Gasteiger partial charge in [-0.05, 0) is 29.8 Å². The summed E-state index contributed by atoms with van der Waals surface area (Å²) in [6, 6.07) is 12.6. The van der Waals surface area contributed by atoms with Crippen LogP contribution in [-0.4, -0.2) is 7.11 Å². The molecule has 0 saturated heterocycles. The van der Waals surface area contributed by atoms with Crippen LogP contribution in [0.1, 0.15) is 16.0 Å². The lowest BCUT2D eigenvalue weighted by molar-refractivity contribution is 0.405. The molecule has 18 heavy (non-hydrogen) atoms. The number of alkyl halides is 1. The minimum atomic E-state index is -0.279. The number of benzene rings is 2. The molecule has 0 aliphatic heterocycles. The van der Waals surface area contributed by atoms with Crippen molar-refractivity contribution < 1.29 is 9.13 Å². The predicted octanol–water partition coefficient (Wildman–Crippen LogP) is 5.08. The summed E-state index contributed by atoms with van der Waals surface area (Å²) in [4.78, 5) is -0.234. The van der Waals surface area contributed by atoms with Crippen LogP contribution in [0.25, 0.3) is 0 Å². The number of hydrogen-bond acceptors (Lipinski definition) is 1. The fraction of sp³-hybridized carbons (Fsp3) is 0.143. The van der Waals surface area contributed by atoms with Gasteiger partial charge in [-0.3, -0.25) is 0 Å². The second-order valence-electron chi connectivity index (χ2n) is 3.77. The molecular weight excluding hydrogens is 363 g/mol. The zero-order valence-electron chi connectivity index (χ0n) is 9.66. The summed E-state index contributed by atoms with van der Waals surface area (Å²) in [6.45, 7) is 0. The van der Waals surface area contributed by atoms with E-state index in [0.29, 0.717) is 11.3 Å². The molecule has 1 nitrogen and oxygen atoms in total. The second-order valence-corrected chi connectivity index (χ2v) is 5.60. The lowest BCUT2D eigenvalue weighted by Crippen LogP contribution is -2.00. The third-order valence-corrected chi connectivity index (χ3v) is 4.16. The van der Waals surface area contributed by atoms with Gasteiger partial charge in [0, 0.05) is 10.0 Å². The highest BCUT2D eigenvalue weighted by Gasteiger charge is 2.19. The molecule has 0 heterocycles. The van der Waals surface area contributed by atoms with Crippen LogP contribution < -0.4 is 4.74 Å². The molecule has 2 rings (SSSR count). The number of rotatable bonds is 3. The van der Waals surface area contributed by atoms with Crippen molar-refractivity contribution in [2.45, 2.75) is 4.83 Å². The molecule has 0 aliphatic carbocycles. The van der Waals surface area contributed by atoms with Gasteiger partial charge in [-0.25, -0.2) is 4.39 Å². The van der Waals surface area contributed by atoms with Crippen LogP contribution in [0, 0.1) is 5.82 Å². The van der Waals surface area contributed by atoms with E-state index in [0.717, 1.165) is 10.0 Å². The molecule has 1 atom stereocenters. The minimum Gasteiger partial charge on any atom is -0.496 e. The zero-order valence-corrected chi connectivity index (χ0v) is 12.8. The first-order valence-electron chi connectivity index (χ1n) is 5.35. The molecule has 0 amide bonds. The van der Waals surface area contributed by atoms with Gasteiger partial charge in [0.25, 0.3) is 0 Å². The number of methoxy groups -OCH3 is 1.